The zero-order valence-corrected chi connectivity index (χ0v) is 23.8. The number of sulfone groups is 1. The Labute approximate surface area is 235 Å². The lowest BCUT2D eigenvalue weighted by Gasteiger charge is -2.21. The Hall–Kier alpha value is -3.34. The lowest BCUT2D eigenvalue weighted by Crippen LogP contribution is -2.39. The van der Waals surface area contributed by atoms with E-state index in [0.29, 0.717) is 63.6 Å². The molecule has 4 heterocycles. The van der Waals surface area contributed by atoms with Crippen LogP contribution in [0.15, 0.2) is 27.9 Å². The Bertz CT molecular complexity index is 1620. The predicted molar refractivity (Wildman–Crippen MR) is 152 cm³/mol. The van der Waals surface area contributed by atoms with E-state index in [0.717, 1.165) is 17.3 Å². The topological polar surface area (TPSA) is 131 Å². The molecule has 13 heteroatoms. The minimum Gasteiger partial charge on any atom is -0.454 e. The highest BCUT2D eigenvalue weighted by Crippen LogP contribution is 2.38. The highest BCUT2D eigenvalue weighted by Gasteiger charge is 2.42. The fourth-order valence-corrected chi connectivity index (χ4v) is 8.01. The zero-order valence-electron chi connectivity index (χ0n) is 21.4. The average molecular weight is 587 g/mol. The minimum absolute atomic E-state index is 0.000643. The van der Waals surface area contributed by atoms with Crippen LogP contribution in [0.4, 0.5) is 5.82 Å². The van der Waals surface area contributed by atoms with Crippen molar-refractivity contribution in [3.63, 3.8) is 0 Å². The highest BCUT2D eigenvalue weighted by atomic mass is 32.2. The van der Waals surface area contributed by atoms with E-state index < -0.39 is 21.4 Å². The van der Waals surface area contributed by atoms with Crippen LogP contribution in [0, 0.1) is 18.3 Å². The van der Waals surface area contributed by atoms with Gasteiger partial charge in [0.25, 0.3) is 11.5 Å². The zero-order chi connectivity index (χ0) is 27.9. The SMILES string of the molecule is CCCn1c(NCc2ccc3c(c2)OCO3)c(/C=C2/SC(=S)N(C3CCS(=O)(=O)C3)C2=O)c(C)c(C#N)c1=O. The lowest BCUT2D eigenvalue weighted by molar-refractivity contribution is -0.123. The molecule has 39 heavy (non-hydrogen) atoms. The van der Waals surface area contributed by atoms with Gasteiger partial charge in [-0.25, -0.2) is 8.42 Å². The van der Waals surface area contributed by atoms with E-state index in [-0.39, 0.29) is 29.8 Å². The Morgan fingerprint density at radius 3 is 2.74 bits per heavy atom. The third-order valence-electron chi connectivity index (χ3n) is 6.89. The van der Waals surface area contributed by atoms with Gasteiger partial charge in [-0.1, -0.05) is 37.0 Å². The number of hydrogen-bond donors (Lipinski definition) is 1. The van der Waals surface area contributed by atoms with Crippen LogP contribution in [0.1, 0.15) is 42.0 Å². The number of ether oxygens (including phenoxy) is 2. The Balaban J connectivity index is 1.55. The molecule has 204 valence electrons. The molecule has 1 amide bonds. The van der Waals surface area contributed by atoms with Crippen LogP contribution < -0.4 is 20.3 Å². The quantitative estimate of drug-likeness (QED) is 0.381. The summed E-state index contributed by atoms with van der Waals surface area (Å²) in [4.78, 5) is 28.4. The first-order valence-electron chi connectivity index (χ1n) is 12.4. The second-order valence-electron chi connectivity index (χ2n) is 9.48. The number of anilines is 1. The molecule has 1 aromatic heterocycles. The molecule has 3 aliphatic rings. The number of thioether (sulfide) groups is 1. The summed E-state index contributed by atoms with van der Waals surface area (Å²) in [6.07, 6.45) is 2.63. The summed E-state index contributed by atoms with van der Waals surface area (Å²) in [7, 11) is -3.22. The molecule has 1 N–H and O–H groups in total. The largest absolute Gasteiger partial charge is 0.454 e. The predicted octanol–water partition coefficient (Wildman–Crippen LogP) is 3.17. The normalized spacial score (nSPS) is 20.6. The van der Waals surface area contributed by atoms with Gasteiger partial charge in [0.15, 0.2) is 21.3 Å². The molecular formula is C26H26N4O6S3. The van der Waals surface area contributed by atoms with Crippen molar-refractivity contribution in [1.82, 2.24) is 9.47 Å². The van der Waals surface area contributed by atoms with Crippen LogP contribution in [0.25, 0.3) is 6.08 Å². The van der Waals surface area contributed by atoms with Crippen molar-refractivity contribution < 1.29 is 22.7 Å². The fourth-order valence-electron chi connectivity index (χ4n) is 4.93. The minimum atomic E-state index is -3.22. The molecule has 1 unspecified atom stereocenters. The fraction of sp³-hybridized carbons (Fsp3) is 0.385. The second kappa shape index (κ2) is 10.7. The number of rotatable bonds is 7. The van der Waals surface area contributed by atoms with E-state index >= 15 is 0 Å². The van der Waals surface area contributed by atoms with E-state index in [2.05, 4.69) is 5.32 Å². The standard InChI is InChI=1S/C26H26N4O6S3/c1-3-7-29-23(28-12-16-4-5-20-21(9-16)36-14-35-20)18(15(2)19(11-27)24(29)31)10-22-25(32)30(26(37)38-22)17-6-8-39(33,34)13-17/h4-5,9-10,17,28H,3,6-8,12-14H2,1-2H3/b22-10+. The maximum Gasteiger partial charge on any atom is 0.270 e. The molecule has 0 radical (unpaired) electrons. The van der Waals surface area contributed by atoms with Gasteiger partial charge < -0.3 is 14.8 Å². The van der Waals surface area contributed by atoms with Crippen molar-refractivity contribution in [2.24, 2.45) is 0 Å². The van der Waals surface area contributed by atoms with Gasteiger partial charge in [-0.15, -0.1) is 0 Å². The molecule has 1 atom stereocenters. The number of benzene rings is 1. The summed E-state index contributed by atoms with van der Waals surface area (Å²) in [5.74, 6) is 1.30. The van der Waals surface area contributed by atoms with Crippen LogP contribution >= 0.6 is 24.0 Å². The Kier molecular flexibility index (Phi) is 7.45. The molecule has 2 fully saturated rings. The van der Waals surface area contributed by atoms with Crippen LogP contribution in [-0.2, 0) is 27.7 Å². The summed E-state index contributed by atoms with van der Waals surface area (Å²) < 4.78 is 36.8. The van der Waals surface area contributed by atoms with Gasteiger partial charge in [0.2, 0.25) is 6.79 Å². The molecule has 0 spiro atoms. The smallest absolute Gasteiger partial charge is 0.270 e. The van der Waals surface area contributed by atoms with Crippen molar-refractivity contribution in [2.45, 2.75) is 45.8 Å². The number of pyridine rings is 1. The lowest BCUT2D eigenvalue weighted by atomic mass is 10.0. The summed E-state index contributed by atoms with van der Waals surface area (Å²) >= 11 is 6.56. The van der Waals surface area contributed by atoms with Crippen molar-refractivity contribution >= 4 is 55.9 Å². The third-order valence-corrected chi connectivity index (χ3v) is 9.97. The van der Waals surface area contributed by atoms with Crippen molar-refractivity contribution in [3.8, 4) is 17.6 Å². The van der Waals surface area contributed by atoms with Crippen molar-refractivity contribution in [1.29, 1.82) is 5.26 Å². The van der Waals surface area contributed by atoms with Gasteiger partial charge in [-0.05, 0) is 49.1 Å². The van der Waals surface area contributed by atoms with Crippen molar-refractivity contribution in [2.75, 3.05) is 23.6 Å². The number of nitrogens with one attached hydrogen (secondary N) is 1. The van der Waals surface area contributed by atoms with Crippen LogP contribution in [0.2, 0.25) is 0 Å². The number of nitriles is 1. The number of carbonyl (C=O) groups excluding carboxylic acids is 1. The first-order valence-corrected chi connectivity index (χ1v) is 15.5. The number of amides is 1. The first-order chi connectivity index (χ1) is 18.6. The molecule has 0 saturated carbocycles. The van der Waals surface area contributed by atoms with E-state index in [1.807, 2.05) is 31.2 Å². The maximum atomic E-state index is 13.4. The molecule has 2 saturated heterocycles. The van der Waals surface area contributed by atoms with Gasteiger partial charge in [-0.3, -0.25) is 19.1 Å². The first kappa shape index (κ1) is 27.2. The molecule has 10 nitrogen and oxygen atoms in total. The number of aromatic nitrogens is 1. The highest BCUT2D eigenvalue weighted by molar-refractivity contribution is 8.26. The summed E-state index contributed by atoms with van der Waals surface area (Å²) in [6.45, 7) is 4.47. The monoisotopic (exact) mass is 586 g/mol. The van der Waals surface area contributed by atoms with E-state index in [1.54, 1.807) is 13.0 Å². The summed E-state index contributed by atoms with van der Waals surface area (Å²) in [5.41, 5.74) is 1.44. The van der Waals surface area contributed by atoms with Gasteiger partial charge in [-0.2, -0.15) is 5.26 Å². The Morgan fingerprint density at radius 1 is 1.28 bits per heavy atom. The molecule has 5 rings (SSSR count). The van der Waals surface area contributed by atoms with E-state index in [4.69, 9.17) is 21.7 Å². The molecular weight excluding hydrogens is 561 g/mol. The van der Waals surface area contributed by atoms with E-state index in [9.17, 15) is 23.3 Å². The van der Waals surface area contributed by atoms with Crippen molar-refractivity contribution in [3.05, 3.63) is 55.7 Å². The van der Waals surface area contributed by atoms with E-state index in [1.165, 1.54) is 9.47 Å². The Morgan fingerprint density at radius 2 is 2.05 bits per heavy atom. The molecule has 3 aliphatic heterocycles. The average Bonchev–Trinajstić information content (AvgIpc) is 3.58. The van der Waals surface area contributed by atoms with Gasteiger partial charge >= 0.3 is 0 Å². The number of nitrogens with zero attached hydrogens (tertiary/aromatic N) is 3. The number of fused-ring (bicyclic) bond motifs is 1. The van der Waals surface area contributed by atoms with Crippen LogP contribution in [0.3, 0.4) is 0 Å². The summed E-state index contributed by atoms with van der Waals surface area (Å²) in [6, 6.07) is 7.09. The summed E-state index contributed by atoms with van der Waals surface area (Å²) in [5, 5.41) is 13.2. The third kappa shape index (κ3) is 5.16. The van der Waals surface area contributed by atoms with Gasteiger partial charge in [0.1, 0.15) is 21.8 Å². The molecule has 2 aromatic rings. The van der Waals surface area contributed by atoms with Crippen LogP contribution in [-0.4, -0.2) is 52.5 Å². The number of hydrogen-bond acceptors (Lipinski definition) is 10. The molecule has 0 bridgehead atoms. The molecule has 0 aliphatic carbocycles. The van der Waals surface area contributed by atoms with Gasteiger partial charge in [0, 0.05) is 18.7 Å². The number of thiocarbonyl (C=S) groups is 1. The number of carbonyl (C=O) groups is 1. The van der Waals surface area contributed by atoms with Gasteiger partial charge in [0.05, 0.1) is 22.5 Å². The maximum absolute atomic E-state index is 13.4. The van der Waals surface area contributed by atoms with Crippen LogP contribution in [0.5, 0.6) is 11.5 Å². The molecule has 1 aromatic carbocycles. The second-order valence-corrected chi connectivity index (χ2v) is 13.4.